The Bertz CT molecular complexity index is 378. The molecular weight excluding hydrogens is 292 g/mol. The van der Waals surface area contributed by atoms with Gasteiger partial charge in [-0.1, -0.05) is 0 Å². The number of halogens is 1. The van der Waals surface area contributed by atoms with Gasteiger partial charge in [0.1, 0.15) is 5.75 Å². The second-order valence-electron chi connectivity index (χ2n) is 4.76. The molecule has 0 saturated carbocycles. The number of piperidine rings is 1. The Balaban J connectivity index is 1.77. The molecule has 1 aliphatic rings. The van der Waals surface area contributed by atoms with E-state index in [2.05, 4.69) is 38.7 Å². The van der Waals surface area contributed by atoms with Crippen molar-refractivity contribution in [1.82, 2.24) is 5.32 Å². The van der Waals surface area contributed by atoms with E-state index < -0.39 is 0 Å². The summed E-state index contributed by atoms with van der Waals surface area (Å²) in [4.78, 5) is 0. The molecule has 100 valence electrons. The molecule has 2 rings (SSSR count). The number of rotatable bonds is 5. The van der Waals surface area contributed by atoms with Crippen LogP contribution in [-0.4, -0.2) is 26.7 Å². The minimum Gasteiger partial charge on any atom is -0.496 e. The molecule has 1 saturated heterocycles. The Hall–Kier alpha value is -0.740. The van der Waals surface area contributed by atoms with Crippen LogP contribution in [0.2, 0.25) is 0 Å². The lowest BCUT2D eigenvalue weighted by Gasteiger charge is -2.22. The van der Waals surface area contributed by atoms with Gasteiger partial charge in [0, 0.05) is 12.2 Å². The van der Waals surface area contributed by atoms with Crippen molar-refractivity contribution in [2.45, 2.75) is 19.3 Å². The zero-order valence-corrected chi connectivity index (χ0v) is 12.4. The molecule has 0 aliphatic carbocycles. The number of hydrogen-bond donors (Lipinski definition) is 2. The lowest BCUT2D eigenvalue weighted by atomic mass is 9.95. The van der Waals surface area contributed by atoms with Gasteiger partial charge in [-0.3, -0.25) is 0 Å². The van der Waals surface area contributed by atoms with Gasteiger partial charge in [-0.05, 0) is 72.4 Å². The average molecular weight is 313 g/mol. The van der Waals surface area contributed by atoms with Crippen LogP contribution in [0.5, 0.6) is 5.75 Å². The van der Waals surface area contributed by atoms with E-state index in [1.165, 1.54) is 32.4 Å². The fraction of sp³-hybridized carbons (Fsp3) is 0.571. The van der Waals surface area contributed by atoms with Crippen molar-refractivity contribution in [3.63, 3.8) is 0 Å². The van der Waals surface area contributed by atoms with Crippen LogP contribution in [0.15, 0.2) is 22.7 Å². The minimum atomic E-state index is 0.874. The van der Waals surface area contributed by atoms with E-state index in [0.29, 0.717) is 0 Å². The van der Waals surface area contributed by atoms with Gasteiger partial charge < -0.3 is 15.4 Å². The first-order valence-electron chi connectivity index (χ1n) is 6.57. The SMILES string of the molecule is COc1ccc(NCCC2CCNCC2)cc1Br. The second-order valence-corrected chi connectivity index (χ2v) is 5.61. The van der Waals surface area contributed by atoms with Gasteiger partial charge in [0.25, 0.3) is 0 Å². The summed E-state index contributed by atoms with van der Waals surface area (Å²) < 4.78 is 6.22. The van der Waals surface area contributed by atoms with Gasteiger partial charge in [0.15, 0.2) is 0 Å². The van der Waals surface area contributed by atoms with E-state index >= 15 is 0 Å². The van der Waals surface area contributed by atoms with Crippen molar-refractivity contribution in [2.24, 2.45) is 5.92 Å². The number of benzene rings is 1. The quantitative estimate of drug-likeness (QED) is 0.875. The van der Waals surface area contributed by atoms with E-state index in [1.807, 2.05) is 6.07 Å². The highest BCUT2D eigenvalue weighted by molar-refractivity contribution is 9.10. The molecule has 0 amide bonds. The summed E-state index contributed by atoms with van der Waals surface area (Å²) in [5.41, 5.74) is 1.15. The molecule has 0 aromatic heterocycles. The molecule has 4 heteroatoms. The van der Waals surface area contributed by atoms with Crippen LogP contribution < -0.4 is 15.4 Å². The number of ether oxygens (including phenoxy) is 1. The first kappa shape index (κ1) is 13.7. The van der Waals surface area contributed by atoms with Crippen molar-refractivity contribution in [3.05, 3.63) is 22.7 Å². The highest BCUT2D eigenvalue weighted by Gasteiger charge is 2.12. The van der Waals surface area contributed by atoms with Crippen molar-refractivity contribution in [2.75, 3.05) is 32.1 Å². The number of methoxy groups -OCH3 is 1. The average Bonchev–Trinajstić information content (AvgIpc) is 2.40. The normalized spacial score (nSPS) is 16.6. The summed E-state index contributed by atoms with van der Waals surface area (Å²) in [6.45, 7) is 3.40. The number of hydrogen-bond acceptors (Lipinski definition) is 3. The van der Waals surface area contributed by atoms with Crippen LogP contribution in [0.4, 0.5) is 5.69 Å². The summed E-state index contributed by atoms with van der Waals surface area (Å²) in [5, 5.41) is 6.88. The maximum atomic E-state index is 5.22. The summed E-state index contributed by atoms with van der Waals surface area (Å²) in [5.74, 6) is 1.75. The van der Waals surface area contributed by atoms with Gasteiger partial charge in [-0.15, -0.1) is 0 Å². The zero-order chi connectivity index (χ0) is 12.8. The van der Waals surface area contributed by atoms with Crippen LogP contribution >= 0.6 is 15.9 Å². The molecule has 1 aliphatic heterocycles. The summed E-state index contributed by atoms with van der Waals surface area (Å²) >= 11 is 3.50. The van der Waals surface area contributed by atoms with Gasteiger partial charge in [-0.25, -0.2) is 0 Å². The molecule has 18 heavy (non-hydrogen) atoms. The smallest absolute Gasteiger partial charge is 0.133 e. The second kappa shape index (κ2) is 7.00. The summed E-state index contributed by atoms with van der Waals surface area (Å²) in [7, 11) is 1.68. The maximum Gasteiger partial charge on any atom is 0.133 e. The standard InChI is InChI=1S/C14H21BrN2O/c1-18-14-3-2-12(10-13(14)15)17-9-6-11-4-7-16-8-5-11/h2-3,10-11,16-17H,4-9H2,1H3. The Labute approximate surface area is 117 Å². The van der Waals surface area contributed by atoms with Gasteiger partial charge in [0.2, 0.25) is 0 Å². The highest BCUT2D eigenvalue weighted by Crippen LogP contribution is 2.27. The van der Waals surface area contributed by atoms with E-state index in [1.54, 1.807) is 7.11 Å². The van der Waals surface area contributed by atoms with Crippen molar-refractivity contribution < 1.29 is 4.74 Å². The van der Waals surface area contributed by atoms with Crippen molar-refractivity contribution in [1.29, 1.82) is 0 Å². The van der Waals surface area contributed by atoms with Crippen molar-refractivity contribution >= 4 is 21.6 Å². The summed E-state index contributed by atoms with van der Waals surface area (Å²) in [6.07, 6.45) is 3.88. The molecule has 2 N–H and O–H groups in total. The predicted octanol–water partition coefficient (Wildman–Crippen LogP) is 3.26. The van der Waals surface area contributed by atoms with Crippen LogP contribution in [-0.2, 0) is 0 Å². The zero-order valence-electron chi connectivity index (χ0n) is 10.8. The third-order valence-electron chi connectivity index (χ3n) is 3.49. The van der Waals surface area contributed by atoms with Crippen LogP contribution in [0.25, 0.3) is 0 Å². The molecule has 0 atom stereocenters. The molecule has 0 bridgehead atoms. The molecule has 1 aromatic rings. The summed E-state index contributed by atoms with van der Waals surface area (Å²) in [6, 6.07) is 6.12. The van der Waals surface area contributed by atoms with Gasteiger partial charge in [0.05, 0.1) is 11.6 Å². The van der Waals surface area contributed by atoms with Crippen LogP contribution in [0.3, 0.4) is 0 Å². The maximum absolute atomic E-state index is 5.22. The lowest BCUT2D eigenvalue weighted by molar-refractivity contribution is 0.361. The molecule has 0 unspecified atom stereocenters. The lowest BCUT2D eigenvalue weighted by Crippen LogP contribution is -2.28. The predicted molar refractivity (Wildman–Crippen MR) is 79.4 cm³/mol. The molecular formula is C14H21BrN2O. The van der Waals surface area contributed by atoms with Gasteiger partial charge in [-0.2, -0.15) is 0 Å². The fourth-order valence-electron chi connectivity index (χ4n) is 2.37. The topological polar surface area (TPSA) is 33.3 Å². The highest BCUT2D eigenvalue weighted by atomic mass is 79.9. The van der Waals surface area contributed by atoms with E-state index in [4.69, 9.17) is 4.74 Å². The third kappa shape index (κ3) is 3.89. The van der Waals surface area contributed by atoms with E-state index in [-0.39, 0.29) is 0 Å². The van der Waals surface area contributed by atoms with E-state index in [9.17, 15) is 0 Å². The molecule has 1 aromatic carbocycles. The van der Waals surface area contributed by atoms with Gasteiger partial charge >= 0.3 is 0 Å². The van der Waals surface area contributed by atoms with E-state index in [0.717, 1.165) is 28.4 Å². The Morgan fingerprint density at radius 1 is 1.39 bits per heavy atom. The van der Waals surface area contributed by atoms with Crippen LogP contribution in [0.1, 0.15) is 19.3 Å². The fourth-order valence-corrected chi connectivity index (χ4v) is 2.91. The Morgan fingerprint density at radius 2 is 2.17 bits per heavy atom. The van der Waals surface area contributed by atoms with Crippen molar-refractivity contribution in [3.8, 4) is 5.75 Å². The molecule has 3 nitrogen and oxygen atoms in total. The van der Waals surface area contributed by atoms with Crippen LogP contribution in [0, 0.1) is 5.92 Å². The molecule has 0 spiro atoms. The molecule has 1 fully saturated rings. The Kier molecular flexibility index (Phi) is 5.32. The largest absolute Gasteiger partial charge is 0.496 e. The first-order chi connectivity index (χ1) is 8.79. The number of nitrogens with one attached hydrogen (secondary N) is 2. The number of anilines is 1. The Morgan fingerprint density at radius 3 is 2.83 bits per heavy atom. The molecule has 1 heterocycles. The minimum absolute atomic E-state index is 0.874. The third-order valence-corrected chi connectivity index (χ3v) is 4.11. The first-order valence-corrected chi connectivity index (χ1v) is 7.37. The monoisotopic (exact) mass is 312 g/mol. The molecule has 0 radical (unpaired) electrons.